The van der Waals surface area contributed by atoms with Gasteiger partial charge in [0, 0.05) is 11.6 Å². The van der Waals surface area contributed by atoms with Crippen LogP contribution in [0, 0.1) is 0 Å². The predicted octanol–water partition coefficient (Wildman–Crippen LogP) is 5.95. The van der Waals surface area contributed by atoms with Crippen molar-refractivity contribution in [2.75, 3.05) is 0 Å². The first kappa shape index (κ1) is 17.2. The van der Waals surface area contributed by atoms with Gasteiger partial charge in [-0.1, -0.05) is 68.8 Å². The number of carbonyl (C=O) groups excluding carboxylic acids is 1. The molecule has 0 aliphatic heterocycles. The molecule has 0 bridgehead atoms. The Morgan fingerprint density at radius 1 is 1.04 bits per heavy atom. The third kappa shape index (κ3) is 3.90. The van der Waals surface area contributed by atoms with Crippen molar-refractivity contribution in [2.24, 2.45) is 0 Å². The SMILES string of the molecule is C=CC(=O)OCc1c2ccccc2cc2ccc(CCCCC)cc12. The van der Waals surface area contributed by atoms with Gasteiger partial charge in [-0.2, -0.15) is 0 Å². The van der Waals surface area contributed by atoms with E-state index in [1.807, 2.05) is 12.1 Å². The molecule has 0 spiro atoms. The molecule has 0 saturated heterocycles. The van der Waals surface area contributed by atoms with Crippen molar-refractivity contribution in [1.29, 1.82) is 0 Å². The van der Waals surface area contributed by atoms with E-state index in [0.29, 0.717) is 0 Å². The predicted molar refractivity (Wildman–Crippen MR) is 105 cm³/mol. The maximum Gasteiger partial charge on any atom is 0.330 e. The van der Waals surface area contributed by atoms with E-state index in [1.165, 1.54) is 47.1 Å². The molecule has 0 atom stereocenters. The lowest BCUT2D eigenvalue weighted by molar-refractivity contribution is -0.138. The molecule has 0 heterocycles. The fraction of sp³-hybridized carbons (Fsp3) is 0.261. The van der Waals surface area contributed by atoms with E-state index in [2.05, 4.69) is 49.9 Å². The van der Waals surface area contributed by atoms with Gasteiger partial charge in [0.15, 0.2) is 0 Å². The van der Waals surface area contributed by atoms with Crippen molar-refractivity contribution in [2.45, 2.75) is 39.2 Å². The Bertz CT molecular complexity index is 909. The van der Waals surface area contributed by atoms with Crippen molar-refractivity contribution in [3.05, 3.63) is 72.3 Å². The summed E-state index contributed by atoms with van der Waals surface area (Å²) in [5, 5.41) is 4.66. The highest BCUT2D eigenvalue weighted by atomic mass is 16.5. The normalized spacial score (nSPS) is 10.9. The zero-order valence-corrected chi connectivity index (χ0v) is 14.8. The molecule has 3 aromatic rings. The van der Waals surface area contributed by atoms with Crippen LogP contribution in [0.1, 0.15) is 37.3 Å². The fourth-order valence-electron chi connectivity index (χ4n) is 3.29. The largest absolute Gasteiger partial charge is 0.458 e. The van der Waals surface area contributed by atoms with Crippen LogP contribution in [0.15, 0.2) is 61.2 Å². The molecule has 0 radical (unpaired) electrons. The Morgan fingerprint density at radius 2 is 1.84 bits per heavy atom. The van der Waals surface area contributed by atoms with Crippen LogP contribution in [0.2, 0.25) is 0 Å². The van der Waals surface area contributed by atoms with Crippen LogP contribution in [0.5, 0.6) is 0 Å². The second-order valence-corrected chi connectivity index (χ2v) is 6.40. The van der Waals surface area contributed by atoms with Crippen molar-refractivity contribution < 1.29 is 9.53 Å². The molecule has 0 unspecified atom stereocenters. The molecule has 2 heteroatoms. The number of hydrogen-bond acceptors (Lipinski definition) is 2. The summed E-state index contributed by atoms with van der Waals surface area (Å²) in [6.45, 7) is 5.96. The lowest BCUT2D eigenvalue weighted by Crippen LogP contribution is -2.02. The summed E-state index contributed by atoms with van der Waals surface area (Å²) in [5.74, 6) is -0.389. The molecule has 0 aliphatic carbocycles. The number of ether oxygens (including phenoxy) is 1. The van der Waals surface area contributed by atoms with Crippen molar-refractivity contribution in [3.63, 3.8) is 0 Å². The molecule has 0 amide bonds. The minimum absolute atomic E-state index is 0.265. The first-order valence-corrected chi connectivity index (χ1v) is 8.95. The van der Waals surface area contributed by atoms with Crippen LogP contribution in [0.3, 0.4) is 0 Å². The summed E-state index contributed by atoms with van der Waals surface area (Å²) >= 11 is 0. The fourth-order valence-corrected chi connectivity index (χ4v) is 3.29. The van der Waals surface area contributed by atoms with Gasteiger partial charge in [-0.25, -0.2) is 4.79 Å². The van der Waals surface area contributed by atoms with E-state index in [9.17, 15) is 4.79 Å². The molecule has 0 saturated carbocycles. The Kier molecular flexibility index (Phi) is 5.49. The summed E-state index contributed by atoms with van der Waals surface area (Å²) in [6, 6.07) is 17.1. The third-order valence-electron chi connectivity index (χ3n) is 4.63. The van der Waals surface area contributed by atoms with Gasteiger partial charge < -0.3 is 4.74 Å². The number of benzene rings is 3. The van der Waals surface area contributed by atoms with Gasteiger partial charge in [0.1, 0.15) is 6.61 Å². The number of hydrogen-bond donors (Lipinski definition) is 0. The maximum atomic E-state index is 11.6. The second-order valence-electron chi connectivity index (χ2n) is 6.40. The molecular weight excluding hydrogens is 308 g/mol. The van der Waals surface area contributed by atoms with Crippen molar-refractivity contribution in [1.82, 2.24) is 0 Å². The molecule has 3 rings (SSSR count). The summed E-state index contributed by atoms with van der Waals surface area (Å²) in [5.41, 5.74) is 2.41. The Labute approximate surface area is 149 Å². The molecule has 0 fully saturated rings. The first-order chi connectivity index (χ1) is 12.2. The van der Waals surface area contributed by atoms with Gasteiger partial charge in [-0.05, 0) is 46.0 Å². The highest BCUT2D eigenvalue weighted by Crippen LogP contribution is 2.30. The van der Waals surface area contributed by atoms with Crippen LogP contribution >= 0.6 is 0 Å². The number of rotatable bonds is 7. The molecular formula is C23H24O2. The quantitative estimate of drug-likeness (QED) is 0.231. The summed E-state index contributed by atoms with van der Waals surface area (Å²) < 4.78 is 5.37. The summed E-state index contributed by atoms with van der Waals surface area (Å²) in [4.78, 5) is 11.6. The van der Waals surface area contributed by atoms with E-state index in [1.54, 1.807) is 0 Å². The number of fused-ring (bicyclic) bond motifs is 2. The number of carbonyl (C=O) groups is 1. The zero-order chi connectivity index (χ0) is 17.6. The van der Waals surface area contributed by atoms with Crippen molar-refractivity contribution >= 4 is 27.5 Å². The average Bonchev–Trinajstić information content (AvgIpc) is 2.65. The van der Waals surface area contributed by atoms with Gasteiger partial charge in [0.2, 0.25) is 0 Å². The Morgan fingerprint density at radius 3 is 2.64 bits per heavy atom. The highest BCUT2D eigenvalue weighted by Gasteiger charge is 2.10. The first-order valence-electron chi connectivity index (χ1n) is 8.95. The molecule has 2 nitrogen and oxygen atoms in total. The van der Waals surface area contributed by atoms with Crippen molar-refractivity contribution in [3.8, 4) is 0 Å². The van der Waals surface area contributed by atoms with Crippen LogP contribution in [0.4, 0.5) is 0 Å². The Hall–Kier alpha value is -2.61. The molecule has 0 aliphatic rings. The van der Waals surface area contributed by atoms with E-state index in [0.717, 1.165) is 17.4 Å². The lowest BCUT2D eigenvalue weighted by atomic mass is 9.94. The lowest BCUT2D eigenvalue weighted by Gasteiger charge is -2.13. The van der Waals surface area contributed by atoms with E-state index >= 15 is 0 Å². The zero-order valence-electron chi connectivity index (χ0n) is 14.8. The van der Waals surface area contributed by atoms with Crippen LogP contribution < -0.4 is 0 Å². The molecule has 25 heavy (non-hydrogen) atoms. The second kappa shape index (κ2) is 7.98. The summed E-state index contributed by atoms with van der Waals surface area (Å²) in [6.07, 6.45) is 5.98. The molecule has 0 aromatic heterocycles. The molecule has 0 N–H and O–H groups in total. The van der Waals surface area contributed by atoms with Crippen LogP contribution in [-0.2, 0) is 22.6 Å². The smallest absolute Gasteiger partial charge is 0.330 e. The standard InChI is InChI=1S/C23H24O2/c1-3-5-6-9-17-12-13-19-15-18-10-7-8-11-20(18)22(21(19)14-17)16-25-23(24)4-2/h4,7-8,10-15H,2-3,5-6,9,16H2,1H3. The van der Waals surface area contributed by atoms with Crippen LogP contribution in [0.25, 0.3) is 21.5 Å². The average molecular weight is 332 g/mol. The Balaban J connectivity index is 2.08. The van der Waals surface area contributed by atoms with E-state index in [4.69, 9.17) is 4.74 Å². The molecule has 3 aromatic carbocycles. The van der Waals surface area contributed by atoms with Crippen LogP contribution in [-0.4, -0.2) is 5.97 Å². The summed E-state index contributed by atoms with van der Waals surface area (Å²) in [7, 11) is 0. The van der Waals surface area contributed by atoms with Gasteiger partial charge in [0.05, 0.1) is 0 Å². The van der Waals surface area contributed by atoms with Gasteiger partial charge in [0.25, 0.3) is 0 Å². The van der Waals surface area contributed by atoms with Gasteiger partial charge >= 0.3 is 5.97 Å². The van der Waals surface area contributed by atoms with Gasteiger partial charge in [-0.15, -0.1) is 0 Å². The minimum Gasteiger partial charge on any atom is -0.458 e. The number of unbranched alkanes of at least 4 members (excludes halogenated alkanes) is 2. The minimum atomic E-state index is -0.389. The highest BCUT2D eigenvalue weighted by molar-refractivity contribution is 6.02. The number of aryl methyl sites for hydroxylation is 1. The monoisotopic (exact) mass is 332 g/mol. The van der Waals surface area contributed by atoms with Gasteiger partial charge in [-0.3, -0.25) is 0 Å². The molecule has 128 valence electrons. The van der Waals surface area contributed by atoms with E-state index < -0.39 is 0 Å². The maximum absolute atomic E-state index is 11.6. The topological polar surface area (TPSA) is 26.3 Å². The number of esters is 1. The van der Waals surface area contributed by atoms with E-state index in [-0.39, 0.29) is 12.6 Å². The third-order valence-corrected chi connectivity index (χ3v) is 4.63.